The summed E-state index contributed by atoms with van der Waals surface area (Å²) in [6.07, 6.45) is 1.59. The molecular formula is C13H14ClN5O. The molecule has 0 atom stereocenters. The summed E-state index contributed by atoms with van der Waals surface area (Å²) in [7, 11) is 1.58. The van der Waals surface area contributed by atoms with E-state index in [1.807, 2.05) is 6.07 Å². The molecule has 0 spiro atoms. The first-order valence-electron chi connectivity index (χ1n) is 5.87. The zero-order valence-electron chi connectivity index (χ0n) is 11.0. The Hall–Kier alpha value is -2.18. The fourth-order valence-corrected chi connectivity index (χ4v) is 1.90. The maximum absolute atomic E-state index is 11.9. The molecule has 2 aromatic rings. The quantitative estimate of drug-likeness (QED) is 0.523. The van der Waals surface area contributed by atoms with Gasteiger partial charge in [-0.2, -0.15) is 9.97 Å². The van der Waals surface area contributed by atoms with Crippen molar-refractivity contribution in [3.8, 4) is 11.4 Å². The average molecular weight is 292 g/mol. The smallest absolute Gasteiger partial charge is 0.279 e. The van der Waals surface area contributed by atoms with Crippen molar-refractivity contribution in [1.82, 2.24) is 14.5 Å². The van der Waals surface area contributed by atoms with E-state index in [0.717, 1.165) is 0 Å². The second-order valence-electron chi connectivity index (χ2n) is 4.11. The number of hydrogen-bond donors (Lipinski definition) is 1. The van der Waals surface area contributed by atoms with Gasteiger partial charge in [-0.3, -0.25) is 9.58 Å². The molecule has 0 aliphatic rings. The van der Waals surface area contributed by atoms with Crippen molar-refractivity contribution in [2.45, 2.75) is 0 Å². The van der Waals surface area contributed by atoms with Crippen LogP contribution in [0.25, 0.3) is 11.4 Å². The summed E-state index contributed by atoms with van der Waals surface area (Å²) in [6, 6.07) is 7.13. The summed E-state index contributed by atoms with van der Waals surface area (Å²) < 4.78 is 1.33. The van der Waals surface area contributed by atoms with Crippen molar-refractivity contribution in [3.63, 3.8) is 0 Å². The lowest BCUT2D eigenvalue weighted by atomic mass is 10.2. The first kappa shape index (κ1) is 14.2. The molecular weight excluding hydrogens is 278 g/mol. The Labute approximate surface area is 121 Å². The van der Waals surface area contributed by atoms with Crippen LogP contribution in [0.1, 0.15) is 0 Å². The Morgan fingerprint density at radius 3 is 2.80 bits per heavy atom. The van der Waals surface area contributed by atoms with Crippen LogP contribution in [0, 0.1) is 0 Å². The fourth-order valence-electron chi connectivity index (χ4n) is 1.68. The third-order valence-corrected chi connectivity index (χ3v) is 3.03. The molecule has 1 aromatic carbocycles. The van der Waals surface area contributed by atoms with Crippen LogP contribution in [0.15, 0.2) is 41.7 Å². The van der Waals surface area contributed by atoms with E-state index < -0.39 is 5.69 Å². The minimum Gasteiger partial charge on any atom is -0.279 e. The lowest BCUT2D eigenvalue weighted by Crippen LogP contribution is -2.36. The van der Waals surface area contributed by atoms with E-state index in [4.69, 9.17) is 17.4 Å². The van der Waals surface area contributed by atoms with Crippen molar-refractivity contribution in [1.29, 1.82) is 0 Å². The average Bonchev–Trinajstić information content (AvgIpc) is 2.43. The van der Waals surface area contributed by atoms with Gasteiger partial charge in [-0.1, -0.05) is 29.8 Å². The summed E-state index contributed by atoms with van der Waals surface area (Å²) in [5.41, 5.74) is 0.189. The molecule has 0 unspecified atom stereocenters. The van der Waals surface area contributed by atoms with Crippen LogP contribution >= 0.6 is 11.6 Å². The predicted octanol–water partition coefficient (Wildman–Crippen LogP) is 1.36. The van der Waals surface area contributed by atoms with E-state index in [9.17, 15) is 4.79 Å². The minimum absolute atomic E-state index is 0.128. The second-order valence-corrected chi connectivity index (χ2v) is 4.52. The first-order chi connectivity index (χ1) is 9.54. The normalized spacial score (nSPS) is 10.3. The van der Waals surface area contributed by atoms with Gasteiger partial charge in [0.1, 0.15) is 5.82 Å². The molecule has 0 aliphatic heterocycles. The molecule has 0 radical (unpaired) electrons. The van der Waals surface area contributed by atoms with E-state index in [2.05, 4.69) is 16.5 Å². The van der Waals surface area contributed by atoms with E-state index in [1.165, 1.54) is 9.58 Å². The number of hydrogen-bond acceptors (Lipinski definition) is 5. The van der Waals surface area contributed by atoms with Crippen LogP contribution in [0.4, 0.5) is 5.95 Å². The number of anilines is 1. The van der Waals surface area contributed by atoms with Gasteiger partial charge >= 0.3 is 5.69 Å². The Bertz CT molecular complexity index is 697. The Morgan fingerprint density at radius 1 is 1.45 bits per heavy atom. The SMILES string of the molecule is C=CCN(N)c1nc(-c2ccccc2Cl)n(C)c(=O)n1. The number of halogens is 1. The van der Waals surface area contributed by atoms with Gasteiger partial charge in [-0.25, -0.2) is 10.6 Å². The molecule has 0 amide bonds. The molecule has 6 nitrogen and oxygen atoms in total. The van der Waals surface area contributed by atoms with E-state index in [-0.39, 0.29) is 5.95 Å². The van der Waals surface area contributed by atoms with Crippen LogP contribution in [-0.2, 0) is 7.05 Å². The molecule has 2 rings (SSSR count). The number of benzene rings is 1. The number of hydrazine groups is 1. The van der Waals surface area contributed by atoms with Crippen molar-refractivity contribution in [2.24, 2.45) is 12.9 Å². The highest BCUT2D eigenvalue weighted by Crippen LogP contribution is 2.25. The lowest BCUT2D eigenvalue weighted by Gasteiger charge is -2.16. The van der Waals surface area contributed by atoms with Crippen LogP contribution in [0.3, 0.4) is 0 Å². The summed E-state index contributed by atoms with van der Waals surface area (Å²) in [5, 5.41) is 1.74. The number of rotatable bonds is 4. The summed E-state index contributed by atoms with van der Waals surface area (Å²) >= 11 is 6.14. The molecule has 1 heterocycles. The maximum atomic E-state index is 11.9. The Morgan fingerprint density at radius 2 is 2.15 bits per heavy atom. The van der Waals surface area contributed by atoms with Gasteiger partial charge in [0.25, 0.3) is 0 Å². The van der Waals surface area contributed by atoms with Gasteiger partial charge < -0.3 is 0 Å². The van der Waals surface area contributed by atoms with Gasteiger partial charge in [0.05, 0.1) is 11.6 Å². The molecule has 0 saturated carbocycles. The van der Waals surface area contributed by atoms with E-state index >= 15 is 0 Å². The van der Waals surface area contributed by atoms with Crippen LogP contribution in [0.5, 0.6) is 0 Å². The summed E-state index contributed by atoms with van der Waals surface area (Å²) in [6.45, 7) is 3.91. The zero-order chi connectivity index (χ0) is 14.7. The summed E-state index contributed by atoms with van der Waals surface area (Å²) in [4.78, 5) is 20.0. The standard InChI is InChI=1S/C13H14ClN5O/c1-3-8-19(15)12-16-11(18(2)13(20)17-12)9-6-4-5-7-10(9)14/h3-7H,1,8,15H2,2H3. The number of aromatic nitrogens is 3. The minimum atomic E-state index is -0.454. The maximum Gasteiger partial charge on any atom is 0.352 e. The molecule has 104 valence electrons. The Kier molecular flexibility index (Phi) is 4.16. The van der Waals surface area contributed by atoms with Gasteiger partial charge in [-0.15, -0.1) is 6.58 Å². The predicted molar refractivity (Wildman–Crippen MR) is 79.4 cm³/mol. The van der Waals surface area contributed by atoms with Crippen molar-refractivity contribution < 1.29 is 0 Å². The highest BCUT2D eigenvalue weighted by molar-refractivity contribution is 6.33. The van der Waals surface area contributed by atoms with Crippen molar-refractivity contribution in [3.05, 3.63) is 52.4 Å². The summed E-state index contributed by atoms with van der Waals surface area (Å²) in [5.74, 6) is 6.30. The molecule has 0 fully saturated rings. The number of nitrogens with two attached hydrogens (primary N) is 1. The van der Waals surface area contributed by atoms with Crippen molar-refractivity contribution in [2.75, 3.05) is 11.6 Å². The lowest BCUT2D eigenvalue weighted by molar-refractivity contribution is 0.756. The van der Waals surface area contributed by atoms with Gasteiger partial charge in [0, 0.05) is 12.6 Å². The van der Waals surface area contributed by atoms with E-state index in [1.54, 1.807) is 31.3 Å². The number of nitrogens with zero attached hydrogens (tertiary/aromatic N) is 4. The third-order valence-electron chi connectivity index (χ3n) is 2.70. The molecule has 20 heavy (non-hydrogen) atoms. The second kappa shape index (κ2) is 5.85. The van der Waals surface area contributed by atoms with Crippen molar-refractivity contribution >= 4 is 17.5 Å². The first-order valence-corrected chi connectivity index (χ1v) is 6.25. The van der Waals surface area contributed by atoms with Crippen LogP contribution in [0.2, 0.25) is 5.02 Å². The molecule has 0 bridgehead atoms. The largest absolute Gasteiger partial charge is 0.352 e. The van der Waals surface area contributed by atoms with Gasteiger partial charge in [-0.05, 0) is 12.1 Å². The monoisotopic (exact) mass is 291 g/mol. The molecule has 7 heteroatoms. The zero-order valence-corrected chi connectivity index (χ0v) is 11.7. The molecule has 2 N–H and O–H groups in total. The molecule has 1 aromatic heterocycles. The van der Waals surface area contributed by atoms with Crippen LogP contribution < -0.4 is 16.5 Å². The van der Waals surface area contributed by atoms with Gasteiger partial charge in [0.2, 0.25) is 5.95 Å². The van der Waals surface area contributed by atoms with E-state index in [0.29, 0.717) is 23.0 Å². The molecule has 0 saturated heterocycles. The highest BCUT2D eigenvalue weighted by atomic mass is 35.5. The van der Waals surface area contributed by atoms with Gasteiger partial charge in [0.15, 0.2) is 0 Å². The fraction of sp³-hybridized carbons (Fsp3) is 0.154. The Balaban J connectivity index is 2.61. The molecule has 0 aliphatic carbocycles. The third kappa shape index (κ3) is 2.71. The highest BCUT2D eigenvalue weighted by Gasteiger charge is 2.14. The van der Waals surface area contributed by atoms with Crippen LogP contribution in [-0.4, -0.2) is 21.1 Å². The topological polar surface area (TPSA) is 77.0 Å².